The minimum atomic E-state index is -4.41. The monoisotopic (exact) mass is 306 g/mol. The number of hydrogen-bond acceptors (Lipinski definition) is 3. The fourth-order valence-electron chi connectivity index (χ4n) is 1.89. The lowest BCUT2D eigenvalue weighted by atomic mass is 10.2. The van der Waals surface area contributed by atoms with E-state index in [1.807, 2.05) is 6.92 Å². The summed E-state index contributed by atoms with van der Waals surface area (Å²) in [6.07, 6.45) is -4.10. The molecule has 1 unspecified atom stereocenters. The number of nitrogens with one attached hydrogen (secondary N) is 1. The van der Waals surface area contributed by atoms with Crippen LogP contribution in [0.5, 0.6) is 5.75 Å². The van der Waals surface area contributed by atoms with Crippen molar-refractivity contribution in [2.24, 2.45) is 4.99 Å². The Balaban J connectivity index is 2.16. The van der Waals surface area contributed by atoms with E-state index in [0.717, 1.165) is 18.7 Å². The highest BCUT2D eigenvalue weighted by Crippen LogP contribution is 2.35. The minimum absolute atomic E-state index is 0.0585. The average Bonchev–Trinajstić information content (AvgIpc) is 2.90. The van der Waals surface area contributed by atoms with Gasteiger partial charge >= 0.3 is 6.18 Å². The lowest BCUT2D eigenvalue weighted by Crippen LogP contribution is -2.35. The second-order valence-corrected chi connectivity index (χ2v) is 4.76. The molecule has 2 rings (SSSR count). The van der Waals surface area contributed by atoms with Gasteiger partial charge in [-0.15, -0.1) is 0 Å². The van der Waals surface area contributed by atoms with Crippen LogP contribution >= 0.6 is 11.6 Å². The van der Waals surface area contributed by atoms with E-state index in [4.69, 9.17) is 16.3 Å². The zero-order valence-electron chi connectivity index (χ0n) is 10.8. The van der Waals surface area contributed by atoms with Crippen molar-refractivity contribution >= 4 is 17.4 Å². The van der Waals surface area contributed by atoms with Gasteiger partial charge in [0.2, 0.25) is 0 Å². The highest BCUT2D eigenvalue weighted by atomic mass is 35.5. The number of rotatable bonds is 4. The van der Waals surface area contributed by atoms with Crippen LogP contribution in [0.4, 0.5) is 13.2 Å². The fourth-order valence-corrected chi connectivity index (χ4v) is 2.12. The maximum Gasteiger partial charge on any atom is 0.416 e. The summed E-state index contributed by atoms with van der Waals surface area (Å²) in [5.41, 5.74) is -0.792. The SMILES string of the molecule is CCC(Oc1ccc(C(F)(F)F)cc1Cl)C1=NCCN1. The van der Waals surface area contributed by atoms with Crippen LogP contribution in [0.15, 0.2) is 23.2 Å². The predicted octanol–water partition coefficient (Wildman–Crippen LogP) is 3.52. The van der Waals surface area contributed by atoms with Gasteiger partial charge in [-0.1, -0.05) is 18.5 Å². The lowest BCUT2D eigenvalue weighted by molar-refractivity contribution is -0.137. The van der Waals surface area contributed by atoms with Crippen molar-refractivity contribution in [3.05, 3.63) is 28.8 Å². The molecule has 0 aliphatic carbocycles. The first kappa shape index (κ1) is 15.0. The molecule has 3 nitrogen and oxygen atoms in total. The summed E-state index contributed by atoms with van der Waals surface area (Å²) in [6.45, 7) is 3.33. The third kappa shape index (κ3) is 3.36. The van der Waals surface area contributed by atoms with Gasteiger partial charge in [-0.2, -0.15) is 13.2 Å². The summed E-state index contributed by atoms with van der Waals surface area (Å²) in [4.78, 5) is 4.25. The lowest BCUT2D eigenvalue weighted by Gasteiger charge is -2.19. The van der Waals surface area contributed by atoms with E-state index in [-0.39, 0.29) is 16.9 Å². The quantitative estimate of drug-likeness (QED) is 0.923. The van der Waals surface area contributed by atoms with Crippen molar-refractivity contribution < 1.29 is 17.9 Å². The van der Waals surface area contributed by atoms with Crippen LogP contribution in [-0.4, -0.2) is 25.0 Å². The van der Waals surface area contributed by atoms with Crippen LogP contribution in [0, 0.1) is 0 Å². The molecule has 0 fully saturated rings. The van der Waals surface area contributed by atoms with E-state index in [9.17, 15) is 13.2 Å². The van der Waals surface area contributed by atoms with Gasteiger partial charge in [0.1, 0.15) is 11.6 Å². The largest absolute Gasteiger partial charge is 0.481 e. The van der Waals surface area contributed by atoms with E-state index in [1.165, 1.54) is 6.07 Å². The van der Waals surface area contributed by atoms with Gasteiger partial charge in [-0.05, 0) is 24.6 Å². The van der Waals surface area contributed by atoms with Crippen LogP contribution in [0.25, 0.3) is 0 Å². The molecule has 0 spiro atoms. The second kappa shape index (κ2) is 5.91. The first-order chi connectivity index (χ1) is 9.41. The third-order valence-corrected chi connectivity index (χ3v) is 3.20. The summed E-state index contributed by atoms with van der Waals surface area (Å²) in [5, 5.41) is 3.03. The van der Waals surface area contributed by atoms with Gasteiger partial charge in [0.05, 0.1) is 17.1 Å². The van der Waals surface area contributed by atoms with E-state index in [1.54, 1.807) is 0 Å². The molecule has 0 amide bonds. The molecule has 1 atom stereocenters. The van der Waals surface area contributed by atoms with Gasteiger partial charge in [0, 0.05) is 6.54 Å². The van der Waals surface area contributed by atoms with Crippen molar-refractivity contribution in [2.45, 2.75) is 25.6 Å². The Morgan fingerprint density at radius 2 is 2.20 bits per heavy atom. The Labute approximate surface area is 119 Å². The number of halogens is 4. The van der Waals surface area contributed by atoms with Gasteiger partial charge < -0.3 is 10.1 Å². The van der Waals surface area contributed by atoms with Crippen molar-refractivity contribution in [1.82, 2.24) is 5.32 Å². The minimum Gasteiger partial charge on any atom is -0.481 e. The van der Waals surface area contributed by atoms with E-state index in [0.29, 0.717) is 18.8 Å². The second-order valence-electron chi connectivity index (χ2n) is 4.35. The molecule has 1 aliphatic rings. The highest BCUT2D eigenvalue weighted by Gasteiger charge is 2.31. The Kier molecular flexibility index (Phi) is 4.42. The number of hydrogen-bond donors (Lipinski definition) is 1. The fraction of sp³-hybridized carbons (Fsp3) is 0.462. The van der Waals surface area contributed by atoms with Crippen LogP contribution in [0.3, 0.4) is 0 Å². The molecule has 20 heavy (non-hydrogen) atoms. The molecule has 0 bridgehead atoms. The van der Waals surface area contributed by atoms with E-state index in [2.05, 4.69) is 10.3 Å². The molecule has 1 aromatic carbocycles. The Morgan fingerprint density at radius 1 is 1.45 bits per heavy atom. The standard InChI is InChI=1S/C13H14ClF3N2O/c1-2-10(12-18-5-6-19-12)20-11-4-3-8(7-9(11)14)13(15,16)17/h3-4,7,10H,2,5-6H2,1H3,(H,18,19). The predicted molar refractivity (Wildman–Crippen MR) is 71.5 cm³/mol. The Hall–Kier alpha value is -1.43. The molecular formula is C13H14ClF3N2O. The topological polar surface area (TPSA) is 33.6 Å². The van der Waals surface area contributed by atoms with Crippen LogP contribution in [-0.2, 0) is 6.18 Å². The number of ether oxygens (including phenoxy) is 1. The van der Waals surface area contributed by atoms with Crippen molar-refractivity contribution in [1.29, 1.82) is 0 Å². The molecule has 1 aliphatic heterocycles. The average molecular weight is 307 g/mol. The van der Waals surface area contributed by atoms with Gasteiger partial charge in [-0.3, -0.25) is 4.99 Å². The number of aliphatic imine (C=N–C) groups is 1. The number of alkyl halides is 3. The summed E-state index contributed by atoms with van der Waals surface area (Å²) in [6, 6.07) is 3.06. The summed E-state index contributed by atoms with van der Waals surface area (Å²) >= 11 is 5.86. The number of nitrogens with zero attached hydrogens (tertiary/aromatic N) is 1. The molecule has 1 aromatic rings. The molecule has 0 radical (unpaired) electrons. The molecule has 7 heteroatoms. The van der Waals surface area contributed by atoms with Gasteiger partial charge in [-0.25, -0.2) is 0 Å². The zero-order valence-corrected chi connectivity index (χ0v) is 11.6. The summed E-state index contributed by atoms with van der Waals surface area (Å²) < 4.78 is 43.3. The van der Waals surface area contributed by atoms with Crippen LogP contribution in [0.1, 0.15) is 18.9 Å². The molecule has 110 valence electrons. The van der Waals surface area contributed by atoms with E-state index < -0.39 is 11.7 Å². The van der Waals surface area contributed by atoms with Gasteiger partial charge in [0.25, 0.3) is 0 Å². The first-order valence-electron chi connectivity index (χ1n) is 6.23. The number of amidine groups is 1. The summed E-state index contributed by atoms with van der Waals surface area (Å²) in [7, 11) is 0. The zero-order chi connectivity index (χ0) is 14.8. The smallest absolute Gasteiger partial charge is 0.416 e. The normalized spacial score (nSPS) is 16.6. The van der Waals surface area contributed by atoms with Gasteiger partial charge in [0.15, 0.2) is 6.10 Å². The molecule has 1 N–H and O–H groups in total. The molecule has 0 saturated heterocycles. The van der Waals surface area contributed by atoms with Crippen molar-refractivity contribution in [3.8, 4) is 5.75 Å². The first-order valence-corrected chi connectivity index (χ1v) is 6.61. The Morgan fingerprint density at radius 3 is 2.70 bits per heavy atom. The third-order valence-electron chi connectivity index (χ3n) is 2.90. The molecular weight excluding hydrogens is 293 g/mol. The van der Waals surface area contributed by atoms with Crippen molar-refractivity contribution in [3.63, 3.8) is 0 Å². The summed E-state index contributed by atoms with van der Waals surface area (Å²) in [5.74, 6) is 0.936. The number of benzene rings is 1. The maximum absolute atomic E-state index is 12.5. The Bertz CT molecular complexity index is 517. The molecule has 0 saturated carbocycles. The van der Waals surface area contributed by atoms with Crippen molar-refractivity contribution in [2.75, 3.05) is 13.1 Å². The molecule has 0 aromatic heterocycles. The maximum atomic E-state index is 12.5. The van der Waals surface area contributed by atoms with Crippen LogP contribution < -0.4 is 10.1 Å². The highest BCUT2D eigenvalue weighted by molar-refractivity contribution is 6.32. The van der Waals surface area contributed by atoms with E-state index >= 15 is 0 Å². The molecule has 1 heterocycles. The van der Waals surface area contributed by atoms with Crippen LogP contribution in [0.2, 0.25) is 5.02 Å².